The molecule has 0 unspecified atom stereocenters. The number of para-hydroxylation sites is 1. The zero-order valence-corrected chi connectivity index (χ0v) is 11.7. The summed E-state index contributed by atoms with van der Waals surface area (Å²) in [6.45, 7) is 0.0236. The van der Waals surface area contributed by atoms with E-state index in [1.807, 2.05) is 6.07 Å². The van der Waals surface area contributed by atoms with Crippen molar-refractivity contribution in [1.29, 1.82) is 0 Å². The highest BCUT2D eigenvalue weighted by molar-refractivity contribution is 6.35. The molecule has 0 atom stereocenters. The van der Waals surface area contributed by atoms with Gasteiger partial charge in [-0.05, 0) is 18.2 Å². The first kappa shape index (κ1) is 13.3. The molecule has 1 amide bonds. The molecule has 0 saturated heterocycles. The van der Waals surface area contributed by atoms with Crippen molar-refractivity contribution in [2.24, 2.45) is 0 Å². The summed E-state index contributed by atoms with van der Waals surface area (Å²) in [6, 6.07) is 10.0. The lowest BCUT2D eigenvalue weighted by Gasteiger charge is -2.02. The summed E-state index contributed by atoms with van der Waals surface area (Å²) in [5.41, 5.74) is 1.93. The molecule has 7 nitrogen and oxygen atoms in total. The Morgan fingerprint density at radius 1 is 1.17 bits per heavy atom. The van der Waals surface area contributed by atoms with Crippen molar-refractivity contribution >= 4 is 28.9 Å². The summed E-state index contributed by atoms with van der Waals surface area (Å²) < 4.78 is 10.4. The molecule has 2 aromatic carbocycles. The maximum absolute atomic E-state index is 12.1. The zero-order chi connectivity index (χ0) is 16.0. The van der Waals surface area contributed by atoms with Gasteiger partial charge in [0.15, 0.2) is 11.5 Å². The topological polar surface area (TPSA) is 90.7 Å². The Hall–Kier alpha value is -3.35. The molecule has 0 aromatic heterocycles. The minimum atomic E-state index is -0.507. The first-order valence-electron chi connectivity index (χ1n) is 6.84. The molecule has 1 N–H and O–H groups in total. The lowest BCUT2D eigenvalue weighted by Crippen LogP contribution is -2.03. The van der Waals surface area contributed by atoms with Gasteiger partial charge in [0.05, 0.1) is 16.6 Å². The summed E-state index contributed by atoms with van der Waals surface area (Å²) in [5.74, 6) is 0.461. The van der Waals surface area contributed by atoms with Crippen molar-refractivity contribution < 1.29 is 19.2 Å². The summed E-state index contributed by atoms with van der Waals surface area (Å²) in [4.78, 5) is 22.9. The van der Waals surface area contributed by atoms with Crippen LogP contribution >= 0.6 is 0 Å². The molecule has 114 valence electrons. The van der Waals surface area contributed by atoms with Gasteiger partial charge in [-0.25, -0.2) is 0 Å². The smallest absolute Gasteiger partial charge is 0.280 e. The third-order valence-corrected chi connectivity index (χ3v) is 3.73. The molecule has 7 heteroatoms. The van der Waals surface area contributed by atoms with Crippen LogP contribution in [-0.2, 0) is 4.79 Å². The zero-order valence-electron chi connectivity index (χ0n) is 11.7. The second-order valence-electron chi connectivity index (χ2n) is 5.08. The van der Waals surface area contributed by atoms with Gasteiger partial charge in [0.1, 0.15) is 0 Å². The fourth-order valence-electron chi connectivity index (χ4n) is 2.66. The van der Waals surface area contributed by atoms with Crippen LogP contribution in [0, 0.1) is 10.1 Å². The van der Waals surface area contributed by atoms with Crippen molar-refractivity contribution in [2.45, 2.75) is 0 Å². The molecule has 0 fully saturated rings. The average Bonchev–Trinajstić information content (AvgIpc) is 3.11. The molecule has 2 heterocycles. The van der Waals surface area contributed by atoms with E-state index >= 15 is 0 Å². The summed E-state index contributed by atoms with van der Waals surface area (Å²) in [5, 5.41) is 14.0. The van der Waals surface area contributed by atoms with Crippen molar-refractivity contribution in [3.63, 3.8) is 0 Å². The number of hydrogen-bond acceptors (Lipinski definition) is 5. The number of nitro benzene ring substituents is 1. The van der Waals surface area contributed by atoms with Crippen molar-refractivity contribution in [3.8, 4) is 11.5 Å². The average molecular weight is 310 g/mol. The Morgan fingerprint density at radius 2 is 1.91 bits per heavy atom. The quantitative estimate of drug-likeness (QED) is 0.523. The lowest BCUT2D eigenvalue weighted by molar-refractivity contribution is -0.385. The Kier molecular flexibility index (Phi) is 2.80. The molecule has 0 bridgehead atoms. The molecular formula is C16H10N2O5. The van der Waals surface area contributed by atoms with E-state index in [0.717, 1.165) is 0 Å². The highest BCUT2D eigenvalue weighted by Crippen LogP contribution is 2.40. The summed E-state index contributed by atoms with van der Waals surface area (Å²) in [7, 11) is 0. The first-order chi connectivity index (χ1) is 11.1. The van der Waals surface area contributed by atoms with Gasteiger partial charge in [0.2, 0.25) is 6.79 Å². The molecule has 2 aliphatic heterocycles. The molecule has 0 radical (unpaired) electrons. The SMILES string of the molecule is O=C1Nc2ccccc2C1=Cc1cc2c(cc1[N+](=O)[O-])OCO2. The van der Waals surface area contributed by atoms with E-state index in [4.69, 9.17) is 9.47 Å². The van der Waals surface area contributed by atoms with Crippen LogP contribution in [-0.4, -0.2) is 17.6 Å². The predicted octanol–water partition coefficient (Wildman–Crippen LogP) is 2.82. The molecule has 4 rings (SSSR count). The Balaban J connectivity index is 1.89. The number of benzene rings is 2. The Bertz CT molecular complexity index is 888. The number of nitro groups is 1. The number of hydrogen-bond donors (Lipinski definition) is 1. The van der Waals surface area contributed by atoms with Crippen molar-refractivity contribution in [1.82, 2.24) is 0 Å². The minimum absolute atomic E-state index is 0.0236. The van der Waals surface area contributed by atoms with Crippen LogP contribution < -0.4 is 14.8 Å². The lowest BCUT2D eigenvalue weighted by atomic mass is 10.0. The van der Waals surface area contributed by atoms with Gasteiger partial charge >= 0.3 is 0 Å². The number of nitrogens with zero attached hydrogens (tertiary/aromatic N) is 1. The van der Waals surface area contributed by atoms with Crippen LogP contribution in [0.1, 0.15) is 11.1 Å². The standard InChI is InChI=1S/C16H10N2O5/c19-16-11(10-3-1-2-4-12(10)17-16)5-9-6-14-15(23-8-22-14)7-13(9)18(20)21/h1-7H,8H2,(H,17,19). The van der Waals surface area contributed by atoms with Crippen molar-refractivity contribution in [3.05, 3.63) is 57.6 Å². The third kappa shape index (κ3) is 2.10. The van der Waals surface area contributed by atoms with Crippen LogP contribution in [0.2, 0.25) is 0 Å². The van der Waals surface area contributed by atoms with Gasteiger partial charge in [-0.2, -0.15) is 0 Å². The number of ether oxygens (including phenoxy) is 2. The van der Waals surface area contributed by atoms with E-state index in [9.17, 15) is 14.9 Å². The second kappa shape index (κ2) is 4.84. The van der Waals surface area contributed by atoms with Gasteiger partial charge < -0.3 is 14.8 Å². The van der Waals surface area contributed by atoms with E-state index in [2.05, 4.69) is 5.32 Å². The van der Waals surface area contributed by atoms with E-state index in [0.29, 0.717) is 33.9 Å². The fourth-order valence-corrected chi connectivity index (χ4v) is 2.66. The number of nitrogens with one attached hydrogen (secondary N) is 1. The number of fused-ring (bicyclic) bond motifs is 2. The second-order valence-corrected chi connectivity index (χ2v) is 5.08. The highest BCUT2D eigenvalue weighted by Gasteiger charge is 2.27. The number of carbonyl (C=O) groups excluding carboxylic acids is 1. The predicted molar refractivity (Wildman–Crippen MR) is 82.2 cm³/mol. The van der Waals surface area contributed by atoms with Gasteiger partial charge in [0.25, 0.3) is 11.6 Å². The minimum Gasteiger partial charge on any atom is -0.454 e. The maximum atomic E-state index is 12.1. The van der Waals surface area contributed by atoms with E-state index in [-0.39, 0.29) is 18.4 Å². The first-order valence-corrected chi connectivity index (χ1v) is 6.84. The largest absolute Gasteiger partial charge is 0.454 e. The number of carbonyl (C=O) groups is 1. The molecule has 0 saturated carbocycles. The molecule has 2 aliphatic rings. The van der Waals surface area contributed by atoms with Gasteiger partial charge in [-0.1, -0.05) is 18.2 Å². The summed E-state index contributed by atoms with van der Waals surface area (Å²) >= 11 is 0. The van der Waals surface area contributed by atoms with Crippen molar-refractivity contribution in [2.75, 3.05) is 12.1 Å². The number of rotatable bonds is 2. The van der Waals surface area contributed by atoms with Crippen LogP contribution in [0.4, 0.5) is 11.4 Å². The van der Waals surface area contributed by atoms with Gasteiger partial charge in [0, 0.05) is 16.8 Å². The van der Waals surface area contributed by atoms with Crippen LogP contribution in [0.15, 0.2) is 36.4 Å². The maximum Gasteiger partial charge on any atom is 0.280 e. The van der Waals surface area contributed by atoms with Crippen LogP contribution in [0.5, 0.6) is 11.5 Å². The van der Waals surface area contributed by atoms with Crippen LogP contribution in [0.3, 0.4) is 0 Å². The molecule has 2 aromatic rings. The molecule has 0 spiro atoms. The Labute approximate surface area is 130 Å². The normalized spacial score (nSPS) is 16.3. The molecular weight excluding hydrogens is 300 g/mol. The fraction of sp³-hybridized carbons (Fsp3) is 0.0625. The highest BCUT2D eigenvalue weighted by atomic mass is 16.7. The van der Waals surface area contributed by atoms with Gasteiger partial charge in [-0.15, -0.1) is 0 Å². The summed E-state index contributed by atoms with van der Waals surface area (Å²) in [6.07, 6.45) is 1.50. The third-order valence-electron chi connectivity index (χ3n) is 3.73. The van der Waals surface area contributed by atoms with Gasteiger partial charge in [-0.3, -0.25) is 14.9 Å². The van der Waals surface area contributed by atoms with Crippen LogP contribution in [0.25, 0.3) is 11.6 Å². The Morgan fingerprint density at radius 3 is 2.70 bits per heavy atom. The molecule has 0 aliphatic carbocycles. The van der Waals surface area contributed by atoms with E-state index < -0.39 is 4.92 Å². The number of anilines is 1. The monoisotopic (exact) mass is 310 g/mol. The number of amides is 1. The van der Waals surface area contributed by atoms with E-state index in [1.165, 1.54) is 18.2 Å². The van der Waals surface area contributed by atoms with E-state index in [1.54, 1.807) is 18.2 Å². The molecule has 23 heavy (non-hydrogen) atoms.